The minimum absolute atomic E-state index is 0.0690. The number of carbonyl (C=O) groups excluding carboxylic acids is 1. The zero-order chi connectivity index (χ0) is 12.3. The Hall–Kier alpha value is -1.14. The van der Waals surface area contributed by atoms with Gasteiger partial charge in [-0.15, -0.1) is 0 Å². The quantitative estimate of drug-likeness (QED) is 0.846. The molecule has 0 saturated heterocycles. The Balaban J connectivity index is 2.07. The normalized spacial score (nSPS) is 16.9. The highest BCUT2D eigenvalue weighted by atomic mass is 79.9. The van der Waals surface area contributed by atoms with E-state index < -0.39 is 5.92 Å². The van der Waals surface area contributed by atoms with Gasteiger partial charge in [-0.2, -0.15) is 5.26 Å². The Kier molecular flexibility index (Phi) is 3.96. The van der Waals surface area contributed by atoms with Crippen LogP contribution in [0.5, 0.6) is 0 Å². The summed E-state index contributed by atoms with van der Waals surface area (Å²) in [5.74, 6) is -0.00276. The van der Waals surface area contributed by atoms with Gasteiger partial charge in [-0.3, -0.25) is 4.79 Å². The molecule has 1 aromatic carbocycles. The summed E-state index contributed by atoms with van der Waals surface area (Å²) in [5, 5.41) is 9.14. The van der Waals surface area contributed by atoms with Crippen molar-refractivity contribution in [2.45, 2.75) is 31.6 Å². The van der Waals surface area contributed by atoms with E-state index in [4.69, 9.17) is 5.26 Å². The average molecular weight is 292 g/mol. The molecule has 1 fully saturated rings. The molecule has 2 nitrogen and oxygen atoms in total. The van der Waals surface area contributed by atoms with E-state index in [2.05, 4.69) is 22.0 Å². The lowest BCUT2D eigenvalue weighted by atomic mass is 9.79. The van der Waals surface area contributed by atoms with Gasteiger partial charge in [0.1, 0.15) is 5.92 Å². The summed E-state index contributed by atoms with van der Waals surface area (Å²) in [7, 11) is 0. The van der Waals surface area contributed by atoms with Gasteiger partial charge in [-0.05, 0) is 23.6 Å². The summed E-state index contributed by atoms with van der Waals surface area (Å²) >= 11 is 3.35. The van der Waals surface area contributed by atoms with Gasteiger partial charge in [-0.25, -0.2) is 0 Å². The molecule has 17 heavy (non-hydrogen) atoms. The fourth-order valence-electron chi connectivity index (χ4n) is 2.09. The van der Waals surface area contributed by atoms with E-state index in [-0.39, 0.29) is 5.78 Å². The number of benzene rings is 1. The highest BCUT2D eigenvalue weighted by Crippen LogP contribution is 2.32. The van der Waals surface area contributed by atoms with Crippen LogP contribution in [0.15, 0.2) is 28.7 Å². The molecule has 1 unspecified atom stereocenters. The summed E-state index contributed by atoms with van der Waals surface area (Å²) in [6, 6.07) is 9.56. The number of rotatable bonds is 4. The molecular formula is C14H14BrNO. The molecular weight excluding hydrogens is 278 g/mol. The van der Waals surface area contributed by atoms with Crippen LogP contribution in [0, 0.1) is 17.2 Å². The lowest BCUT2D eigenvalue weighted by Gasteiger charge is -2.25. The number of nitriles is 1. The number of Topliss-reactive ketones (excluding diaryl/α,β-unsaturated/α-hetero) is 1. The Morgan fingerprint density at radius 2 is 2.06 bits per heavy atom. The van der Waals surface area contributed by atoms with Gasteiger partial charge >= 0.3 is 0 Å². The van der Waals surface area contributed by atoms with Gasteiger partial charge < -0.3 is 0 Å². The predicted molar refractivity (Wildman–Crippen MR) is 69.5 cm³/mol. The summed E-state index contributed by atoms with van der Waals surface area (Å²) in [6.45, 7) is 0. The minimum Gasteiger partial charge on any atom is -0.298 e. The van der Waals surface area contributed by atoms with Crippen LogP contribution < -0.4 is 0 Å². The van der Waals surface area contributed by atoms with Crippen molar-refractivity contribution in [1.29, 1.82) is 5.26 Å². The molecule has 1 aliphatic rings. The third-order valence-electron chi connectivity index (χ3n) is 3.37. The standard InChI is InChI=1S/C14H14BrNO/c15-12-6-4-11(5-7-12)13(9-16)14(17)8-10-2-1-3-10/h4-7,10,13H,1-3,8H2. The Labute approximate surface area is 110 Å². The Morgan fingerprint density at radius 1 is 1.41 bits per heavy atom. The van der Waals surface area contributed by atoms with E-state index in [0.717, 1.165) is 22.9 Å². The van der Waals surface area contributed by atoms with Crippen molar-refractivity contribution in [2.75, 3.05) is 0 Å². The third kappa shape index (κ3) is 2.95. The summed E-state index contributed by atoms with van der Waals surface area (Å²) < 4.78 is 0.962. The second kappa shape index (κ2) is 5.46. The van der Waals surface area contributed by atoms with Crippen molar-refractivity contribution in [3.05, 3.63) is 34.3 Å². The van der Waals surface area contributed by atoms with Gasteiger partial charge in [-0.1, -0.05) is 47.3 Å². The largest absolute Gasteiger partial charge is 0.298 e. The topological polar surface area (TPSA) is 40.9 Å². The number of hydrogen-bond acceptors (Lipinski definition) is 2. The molecule has 2 rings (SSSR count). The van der Waals surface area contributed by atoms with Gasteiger partial charge in [0.05, 0.1) is 6.07 Å². The maximum atomic E-state index is 12.0. The van der Waals surface area contributed by atoms with Crippen molar-refractivity contribution in [2.24, 2.45) is 5.92 Å². The van der Waals surface area contributed by atoms with E-state index in [0.29, 0.717) is 12.3 Å². The number of hydrogen-bond donors (Lipinski definition) is 0. The van der Waals surface area contributed by atoms with Crippen molar-refractivity contribution < 1.29 is 4.79 Å². The van der Waals surface area contributed by atoms with Crippen LogP contribution in [0.2, 0.25) is 0 Å². The SMILES string of the molecule is N#CC(C(=O)CC1CCC1)c1ccc(Br)cc1. The smallest absolute Gasteiger partial charge is 0.154 e. The van der Waals surface area contributed by atoms with Crippen LogP contribution in [0.1, 0.15) is 37.2 Å². The lowest BCUT2D eigenvalue weighted by molar-refractivity contribution is -0.120. The molecule has 0 aromatic heterocycles. The van der Waals surface area contributed by atoms with E-state index in [9.17, 15) is 4.79 Å². The number of halogens is 1. The van der Waals surface area contributed by atoms with Gasteiger partial charge in [0.25, 0.3) is 0 Å². The Bertz CT molecular complexity index is 442. The van der Waals surface area contributed by atoms with Gasteiger partial charge in [0.2, 0.25) is 0 Å². The van der Waals surface area contributed by atoms with Crippen molar-refractivity contribution in [3.8, 4) is 6.07 Å². The van der Waals surface area contributed by atoms with E-state index >= 15 is 0 Å². The first kappa shape index (κ1) is 12.3. The van der Waals surface area contributed by atoms with Gasteiger partial charge in [0, 0.05) is 10.9 Å². The minimum atomic E-state index is -0.594. The molecule has 1 aliphatic carbocycles. The molecule has 0 bridgehead atoms. The zero-order valence-corrected chi connectivity index (χ0v) is 11.1. The van der Waals surface area contributed by atoms with Crippen LogP contribution in [0.3, 0.4) is 0 Å². The first-order chi connectivity index (χ1) is 8.20. The zero-order valence-electron chi connectivity index (χ0n) is 9.53. The monoisotopic (exact) mass is 291 g/mol. The second-order valence-electron chi connectivity index (χ2n) is 4.58. The Morgan fingerprint density at radius 3 is 2.53 bits per heavy atom. The van der Waals surface area contributed by atoms with Crippen LogP contribution in [0.25, 0.3) is 0 Å². The highest BCUT2D eigenvalue weighted by Gasteiger charge is 2.26. The molecule has 0 heterocycles. The summed E-state index contributed by atoms with van der Waals surface area (Å²) in [6.07, 6.45) is 4.08. The molecule has 1 aromatic rings. The second-order valence-corrected chi connectivity index (χ2v) is 5.50. The molecule has 1 saturated carbocycles. The predicted octanol–water partition coefficient (Wildman–Crippen LogP) is 3.82. The van der Waals surface area contributed by atoms with Crippen molar-refractivity contribution in [3.63, 3.8) is 0 Å². The summed E-state index contributed by atoms with van der Waals surface area (Å²) in [4.78, 5) is 12.0. The molecule has 88 valence electrons. The number of carbonyl (C=O) groups is 1. The highest BCUT2D eigenvalue weighted by molar-refractivity contribution is 9.10. The lowest BCUT2D eigenvalue weighted by Crippen LogP contribution is -2.20. The fraction of sp³-hybridized carbons (Fsp3) is 0.429. The maximum absolute atomic E-state index is 12.0. The molecule has 0 spiro atoms. The molecule has 0 N–H and O–H groups in total. The molecule has 0 amide bonds. The van der Waals surface area contributed by atoms with E-state index in [1.165, 1.54) is 6.42 Å². The molecule has 0 aliphatic heterocycles. The summed E-state index contributed by atoms with van der Waals surface area (Å²) in [5.41, 5.74) is 0.806. The van der Waals surface area contributed by atoms with Crippen LogP contribution in [-0.2, 0) is 4.79 Å². The molecule has 0 radical (unpaired) electrons. The number of ketones is 1. The van der Waals surface area contributed by atoms with Crippen molar-refractivity contribution in [1.82, 2.24) is 0 Å². The van der Waals surface area contributed by atoms with E-state index in [1.807, 2.05) is 24.3 Å². The maximum Gasteiger partial charge on any atom is 0.154 e. The number of nitrogens with zero attached hydrogens (tertiary/aromatic N) is 1. The molecule has 3 heteroatoms. The fourth-order valence-corrected chi connectivity index (χ4v) is 2.35. The first-order valence-corrected chi connectivity index (χ1v) is 6.68. The average Bonchev–Trinajstić information content (AvgIpc) is 2.27. The third-order valence-corrected chi connectivity index (χ3v) is 3.90. The van der Waals surface area contributed by atoms with Gasteiger partial charge in [0.15, 0.2) is 5.78 Å². The van der Waals surface area contributed by atoms with Crippen LogP contribution >= 0.6 is 15.9 Å². The van der Waals surface area contributed by atoms with Crippen molar-refractivity contribution >= 4 is 21.7 Å². The van der Waals surface area contributed by atoms with E-state index in [1.54, 1.807) is 0 Å². The van der Waals surface area contributed by atoms with Crippen LogP contribution in [-0.4, -0.2) is 5.78 Å². The first-order valence-electron chi connectivity index (χ1n) is 5.88. The molecule has 1 atom stereocenters. The van der Waals surface area contributed by atoms with Crippen LogP contribution in [0.4, 0.5) is 0 Å².